The number of aryl methyl sites for hydroxylation is 4. The van der Waals surface area contributed by atoms with E-state index in [-0.39, 0.29) is 12.1 Å². The van der Waals surface area contributed by atoms with Gasteiger partial charge in [-0.05, 0) is 82.1 Å². The minimum atomic E-state index is -0.162. The molecule has 1 aliphatic rings. The Balaban J connectivity index is 1.40. The highest BCUT2D eigenvalue weighted by Gasteiger charge is 2.23. The first-order chi connectivity index (χ1) is 15.3. The lowest BCUT2D eigenvalue weighted by molar-refractivity contribution is 0.230. The van der Waals surface area contributed by atoms with Crippen LogP contribution in [0.4, 0.5) is 21.0 Å². The fourth-order valence-corrected chi connectivity index (χ4v) is 4.49. The van der Waals surface area contributed by atoms with Gasteiger partial charge in [-0.1, -0.05) is 41.8 Å². The summed E-state index contributed by atoms with van der Waals surface area (Å²) in [5.74, 6) is 0.866. The summed E-state index contributed by atoms with van der Waals surface area (Å²) in [6, 6.07) is 11.7. The zero-order chi connectivity index (χ0) is 23.1. The molecule has 0 aromatic heterocycles. The van der Waals surface area contributed by atoms with E-state index < -0.39 is 0 Å². The Morgan fingerprint density at radius 2 is 1.19 bits per heavy atom. The Kier molecular flexibility index (Phi) is 8.14. The van der Waals surface area contributed by atoms with Crippen molar-refractivity contribution >= 4 is 23.4 Å². The predicted molar refractivity (Wildman–Crippen MR) is 131 cm³/mol. The van der Waals surface area contributed by atoms with Crippen molar-refractivity contribution in [2.24, 2.45) is 11.8 Å². The van der Waals surface area contributed by atoms with Gasteiger partial charge in [0, 0.05) is 24.5 Å². The minimum absolute atomic E-state index is 0.162. The molecule has 3 rings (SSSR count). The van der Waals surface area contributed by atoms with Crippen molar-refractivity contribution in [3.63, 3.8) is 0 Å². The SMILES string of the molecule is Cc1ccc(NC(=O)NC[C@H]2CCC[C@@H](CNC(=O)Nc3ccc(C)cc3C)C2)c(C)c1. The number of carbonyl (C=O) groups excluding carboxylic acids is 2. The molecule has 32 heavy (non-hydrogen) atoms. The number of rotatable bonds is 6. The number of nitrogens with one attached hydrogen (secondary N) is 4. The third-order valence-electron chi connectivity index (χ3n) is 6.25. The topological polar surface area (TPSA) is 82.3 Å². The molecule has 0 radical (unpaired) electrons. The summed E-state index contributed by atoms with van der Waals surface area (Å²) < 4.78 is 0. The molecule has 1 aliphatic carbocycles. The van der Waals surface area contributed by atoms with E-state index in [1.807, 2.05) is 52.0 Å². The molecule has 4 amide bonds. The molecule has 0 aliphatic heterocycles. The fourth-order valence-electron chi connectivity index (χ4n) is 4.49. The number of amides is 4. The quantitative estimate of drug-likeness (QED) is 0.470. The number of carbonyl (C=O) groups is 2. The lowest BCUT2D eigenvalue weighted by Crippen LogP contribution is -2.38. The van der Waals surface area contributed by atoms with Crippen molar-refractivity contribution in [3.8, 4) is 0 Å². The smallest absolute Gasteiger partial charge is 0.319 e. The Labute approximate surface area is 191 Å². The van der Waals surface area contributed by atoms with Gasteiger partial charge >= 0.3 is 12.1 Å². The summed E-state index contributed by atoms with van der Waals surface area (Å²) in [6.07, 6.45) is 4.34. The molecule has 0 saturated heterocycles. The molecular weight excluding hydrogens is 400 g/mol. The van der Waals surface area contributed by atoms with E-state index in [2.05, 4.69) is 33.4 Å². The zero-order valence-corrected chi connectivity index (χ0v) is 19.7. The Bertz CT molecular complexity index is 881. The van der Waals surface area contributed by atoms with E-state index >= 15 is 0 Å². The van der Waals surface area contributed by atoms with E-state index in [0.717, 1.165) is 48.2 Å². The third-order valence-corrected chi connectivity index (χ3v) is 6.25. The fraction of sp³-hybridized carbons (Fsp3) is 0.462. The molecule has 0 unspecified atom stereocenters. The maximum atomic E-state index is 12.3. The first kappa shape index (κ1) is 23.6. The molecule has 2 aromatic rings. The summed E-state index contributed by atoms with van der Waals surface area (Å²) in [7, 11) is 0. The van der Waals surface area contributed by atoms with Crippen LogP contribution in [0.5, 0.6) is 0 Å². The van der Waals surface area contributed by atoms with Crippen LogP contribution in [0.3, 0.4) is 0 Å². The van der Waals surface area contributed by atoms with Gasteiger partial charge in [-0.3, -0.25) is 0 Å². The third kappa shape index (κ3) is 7.01. The van der Waals surface area contributed by atoms with Gasteiger partial charge in [0.15, 0.2) is 0 Å². The molecule has 0 bridgehead atoms. The molecule has 0 heterocycles. The summed E-state index contributed by atoms with van der Waals surface area (Å²) in [4.78, 5) is 24.6. The number of benzene rings is 2. The first-order valence-corrected chi connectivity index (χ1v) is 11.5. The van der Waals surface area contributed by atoms with Crippen LogP contribution in [0.2, 0.25) is 0 Å². The average Bonchev–Trinajstić information content (AvgIpc) is 2.75. The molecule has 172 valence electrons. The molecule has 2 atom stereocenters. The molecule has 1 saturated carbocycles. The number of hydrogen-bond donors (Lipinski definition) is 4. The number of anilines is 2. The highest BCUT2D eigenvalue weighted by atomic mass is 16.2. The van der Waals surface area contributed by atoms with Gasteiger partial charge in [0.05, 0.1) is 0 Å². The van der Waals surface area contributed by atoms with Gasteiger partial charge in [-0.25, -0.2) is 9.59 Å². The standard InChI is InChI=1S/C26H36N4O2/c1-17-8-10-23(19(3)12-17)29-25(31)27-15-21-6-5-7-22(14-21)16-28-26(32)30-24-11-9-18(2)13-20(24)4/h8-13,21-22H,5-7,14-16H2,1-4H3,(H2,27,29,31)(H2,28,30,32)/t21-,22+. The van der Waals surface area contributed by atoms with Crippen molar-refractivity contribution in [1.82, 2.24) is 10.6 Å². The van der Waals surface area contributed by atoms with Crippen molar-refractivity contribution < 1.29 is 9.59 Å². The Morgan fingerprint density at radius 1 is 0.750 bits per heavy atom. The predicted octanol–water partition coefficient (Wildman–Crippen LogP) is 5.67. The van der Waals surface area contributed by atoms with Gasteiger partial charge in [0.1, 0.15) is 0 Å². The van der Waals surface area contributed by atoms with Gasteiger partial charge in [-0.2, -0.15) is 0 Å². The second-order valence-electron chi connectivity index (χ2n) is 9.21. The maximum Gasteiger partial charge on any atom is 0.319 e. The molecule has 4 N–H and O–H groups in total. The highest BCUT2D eigenvalue weighted by molar-refractivity contribution is 5.90. The van der Waals surface area contributed by atoms with E-state index in [1.165, 1.54) is 11.1 Å². The molecule has 6 heteroatoms. The van der Waals surface area contributed by atoms with Crippen molar-refractivity contribution in [2.75, 3.05) is 23.7 Å². The average molecular weight is 437 g/mol. The minimum Gasteiger partial charge on any atom is -0.338 e. The molecule has 0 spiro atoms. The van der Waals surface area contributed by atoms with Crippen molar-refractivity contribution in [2.45, 2.75) is 53.4 Å². The van der Waals surface area contributed by atoms with Crippen LogP contribution in [0.15, 0.2) is 36.4 Å². The van der Waals surface area contributed by atoms with Crippen molar-refractivity contribution in [3.05, 3.63) is 58.7 Å². The van der Waals surface area contributed by atoms with Crippen LogP contribution < -0.4 is 21.3 Å². The largest absolute Gasteiger partial charge is 0.338 e. The van der Waals surface area contributed by atoms with Crippen molar-refractivity contribution in [1.29, 1.82) is 0 Å². The van der Waals surface area contributed by atoms with Crippen LogP contribution >= 0.6 is 0 Å². The number of hydrogen-bond acceptors (Lipinski definition) is 2. The Morgan fingerprint density at radius 3 is 1.59 bits per heavy atom. The van der Waals surface area contributed by atoms with E-state index in [0.29, 0.717) is 24.9 Å². The lowest BCUT2D eigenvalue weighted by Gasteiger charge is -2.29. The lowest BCUT2D eigenvalue weighted by atomic mass is 9.81. The van der Waals surface area contributed by atoms with E-state index in [9.17, 15) is 9.59 Å². The van der Waals surface area contributed by atoms with Crippen LogP contribution in [-0.2, 0) is 0 Å². The molecular formula is C26H36N4O2. The summed E-state index contributed by atoms with van der Waals surface area (Å²) in [5, 5.41) is 11.9. The van der Waals surface area contributed by atoms with Gasteiger partial charge < -0.3 is 21.3 Å². The molecule has 2 aromatic carbocycles. The maximum absolute atomic E-state index is 12.3. The first-order valence-electron chi connectivity index (χ1n) is 11.5. The van der Waals surface area contributed by atoms with Crippen LogP contribution in [0, 0.1) is 39.5 Å². The van der Waals surface area contributed by atoms with E-state index in [1.54, 1.807) is 0 Å². The normalized spacial score (nSPS) is 18.0. The van der Waals surface area contributed by atoms with Crippen LogP contribution in [-0.4, -0.2) is 25.2 Å². The highest BCUT2D eigenvalue weighted by Crippen LogP contribution is 2.28. The van der Waals surface area contributed by atoms with E-state index in [4.69, 9.17) is 0 Å². The van der Waals surface area contributed by atoms with Gasteiger partial charge in [0.25, 0.3) is 0 Å². The molecule has 6 nitrogen and oxygen atoms in total. The summed E-state index contributed by atoms with van der Waals surface area (Å²) in [5.41, 5.74) is 6.16. The van der Waals surface area contributed by atoms with Crippen LogP contribution in [0.25, 0.3) is 0 Å². The monoisotopic (exact) mass is 436 g/mol. The van der Waals surface area contributed by atoms with Gasteiger partial charge in [0.2, 0.25) is 0 Å². The second kappa shape index (κ2) is 11.0. The number of urea groups is 2. The second-order valence-corrected chi connectivity index (χ2v) is 9.21. The Hall–Kier alpha value is -3.02. The summed E-state index contributed by atoms with van der Waals surface area (Å²) >= 11 is 0. The van der Waals surface area contributed by atoms with Crippen LogP contribution in [0.1, 0.15) is 47.9 Å². The zero-order valence-electron chi connectivity index (χ0n) is 19.7. The van der Waals surface area contributed by atoms with Gasteiger partial charge in [-0.15, -0.1) is 0 Å². The molecule has 1 fully saturated rings. The summed E-state index contributed by atoms with van der Waals surface area (Å²) in [6.45, 7) is 9.38.